The lowest BCUT2D eigenvalue weighted by atomic mass is 9.86. The highest BCUT2D eigenvalue weighted by molar-refractivity contribution is 5.41. The summed E-state index contributed by atoms with van der Waals surface area (Å²) in [7, 11) is 0. The fourth-order valence-corrected chi connectivity index (χ4v) is 3.11. The molecule has 106 valence electrons. The molecule has 0 saturated heterocycles. The number of phenols is 1. The topological polar surface area (TPSA) is 23.5 Å². The van der Waals surface area contributed by atoms with Crippen molar-refractivity contribution in [3.05, 3.63) is 29.3 Å². The van der Waals surface area contributed by atoms with Crippen LogP contribution in [0.1, 0.15) is 37.3 Å². The number of hydrogen-bond acceptors (Lipinski definition) is 2. The molecule has 0 amide bonds. The average molecular weight is 265 g/mol. The molecule has 0 radical (unpaired) electrons. The van der Waals surface area contributed by atoms with Gasteiger partial charge in [-0.05, 0) is 55.8 Å². The standard InChI is InChI=1S/C16H24FNO/c1-2-10-18(11-4-9-17)14-7-8-15-13(12-14)5-3-6-16(15)19/h3,5-6,14,19H,2,4,7-12H2,1H3. The van der Waals surface area contributed by atoms with Crippen molar-refractivity contribution in [2.24, 2.45) is 0 Å². The van der Waals surface area contributed by atoms with Crippen molar-refractivity contribution < 1.29 is 9.50 Å². The Morgan fingerprint density at radius 1 is 1.37 bits per heavy atom. The summed E-state index contributed by atoms with van der Waals surface area (Å²) >= 11 is 0. The molecule has 1 aliphatic rings. The summed E-state index contributed by atoms with van der Waals surface area (Å²) in [5.74, 6) is 0.432. The Bertz CT molecular complexity index is 408. The van der Waals surface area contributed by atoms with Crippen molar-refractivity contribution in [1.29, 1.82) is 0 Å². The number of fused-ring (bicyclic) bond motifs is 1. The number of nitrogens with zero attached hydrogens (tertiary/aromatic N) is 1. The zero-order chi connectivity index (χ0) is 13.7. The molecule has 0 saturated carbocycles. The van der Waals surface area contributed by atoms with Crippen LogP contribution in [0, 0.1) is 0 Å². The SMILES string of the molecule is CCCN(CCCF)C1CCc2c(O)cccc2C1. The van der Waals surface area contributed by atoms with E-state index in [-0.39, 0.29) is 6.67 Å². The first-order valence-corrected chi connectivity index (χ1v) is 7.36. The van der Waals surface area contributed by atoms with E-state index in [2.05, 4.69) is 17.9 Å². The third-order valence-electron chi connectivity index (χ3n) is 4.04. The molecule has 1 N–H and O–H groups in total. The lowest BCUT2D eigenvalue weighted by molar-refractivity contribution is 0.172. The first-order chi connectivity index (χ1) is 9.26. The van der Waals surface area contributed by atoms with Gasteiger partial charge in [0.15, 0.2) is 0 Å². The molecule has 1 aromatic rings. The second-order valence-corrected chi connectivity index (χ2v) is 5.39. The Morgan fingerprint density at radius 3 is 2.95 bits per heavy atom. The molecule has 1 atom stereocenters. The zero-order valence-electron chi connectivity index (χ0n) is 11.7. The fourth-order valence-electron chi connectivity index (χ4n) is 3.11. The Morgan fingerprint density at radius 2 is 2.21 bits per heavy atom. The lowest BCUT2D eigenvalue weighted by Gasteiger charge is -2.35. The average Bonchev–Trinajstić information content (AvgIpc) is 2.43. The van der Waals surface area contributed by atoms with Crippen LogP contribution in [-0.4, -0.2) is 35.8 Å². The molecule has 0 fully saturated rings. The predicted molar refractivity (Wildman–Crippen MR) is 76.4 cm³/mol. The van der Waals surface area contributed by atoms with Gasteiger partial charge in [0, 0.05) is 12.6 Å². The molecule has 1 unspecified atom stereocenters. The molecule has 2 nitrogen and oxygen atoms in total. The molecular formula is C16H24FNO. The fraction of sp³-hybridized carbons (Fsp3) is 0.625. The van der Waals surface area contributed by atoms with Gasteiger partial charge in [-0.15, -0.1) is 0 Å². The summed E-state index contributed by atoms with van der Waals surface area (Å²) in [5.41, 5.74) is 2.37. The smallest absolute Gasteiger partial charge is 0.119 e. The zero-order valence-corrected chi connectivity index (χ0v) is 11.7. The molecular weight excluding hydrogens is 241 g/mol. The second kappa shape index (κ2) is 6.90. The van der Waals surface area contributed by atoms with E-state index in [1.54, 1.807) is 6.07 Å². The van der Waals surface area contributed by atoms with Crippen molar-refractivity contribution in [3.63, 3.8) is 0 Å². The first-order valence-electron chi connectivity index (χ1n) is 7.36. The molecule has 1 aliphatic carbocycles. The van der Waals surface area contributed by atoms with Crippen molar-refractivity contribution in [3.8, 4) is 5.75 Å². The molecule has 0 bridgehead atoms. The predicted octanol–water partition coefficient (Wildman–Crippen LogP) is 3.32. The maximum absolute atomic E-state index is 12.4. The highest BCUT2D eigenvalue weighted by atomic mass is 19.1. The van der Waals surface area contributed by atoms with Crippen LogP contribution >= 0.6 is 0 Å². The number of halogens is 1. The maximum atomic E-state index is 12.4. The van der Waals surface area contributed by atoms with Crippen LogP contribution in [0.25, 0.3) is 0 Å². The van der Waals surface area contributed by atoms with Gasteiger partial charge in [-0.25, -0.2) is 0 Å². The third-order valence-corrected chi connectivity index (χ3v) is 4.04. The van der Waals surface area contributed by atoms with Crippen molar-refractivity contribution in [2.45, 2.75) is 45.1 Å². The van der Waals surface area contributed by atoms with Gasteiger partial charge in [-0.1, -0.05) is 19.1 Å². The minimum atomic E-state index is -0.232. The quantitative estimate of drug-likeness (QED) is 0.853. The lowest BCUT2D eigenvalue weighted by Crippen LogP contribution is -2.40. The summed E-state index contributed by atoms with van der Waals surface area (Å²) in [4.78, 5) is 2.42. The normalized spacial score (nSPS) is 18.6. The van der Waals surface area contributed by atoms with Crippen LogP contribution in [0.3, 0.4) is 0 Å². The van der Waals surface area contributed by atoms with E-state index >= 15 is 0 Å². The summed E-state index contributed by atoms with van der Waals surface area (Å²) in [6, 6.07) is 6.30. The number of phenolic OH excluding ortho intramolecular Hbond substituents is 1. The molecule has 19 heavy (non-hydrogen) atoms. The minimum Gasteiger partial charge on any atom is -0.508 e. The van der Waals surface area contributed by atoms with E-state index in [9.17, 15) is 9.50 Å². The Hall–Kier alpha value is -1.09. The van der Waals surface area contributed by atoms with E-state index in [0.29, 0.717) is 18.2 Å². The molecule has 0 heterocycles. The summed E-state index contributed by atoms with van der Waals surface area (Å²) < 4.78 is 12.4. The molecule has 0 aromatic heterocycles. The maximum Gasteiger partial charge on any atom is 0.119 e. The number of hydrogen-bond donors (Lipinski definition) is 1. The molecule has 0 aliphatic heterocycles. The van der Waals surface area contributed by atoms with Gasteiger partial charge in [0.05, 0.1) is 6.67 Å². The Labute approximate surface area is 115 Å². The van der Waals surface area contributed by atoms with Gasteiger partial charge < -0.3 is 5.11 Å². The molecule has 1 aromatic carbocycles. The van der Waals surface area contributed by atoms with Gasteiger partial charge in [0.2, 0.25) is 0 Å². The number of aromatic hydroxyl groups is 1. The highest BCUT2D eigenvalue weighted by Gasteiger charge is 2.24. The van der Waals surface area contributed by atoms with Gasteiger partial charge in [0.1, 0.15) is 5.75 Å². The van der Waals surface area contributed by atoms with E-state index in [0.717, 1.165) is 44.3 Å². The van der Waals surface area contributed by atoms with E-state index in [1.165, 1.54) is 5.56 Å². The number of benzene rings is 1. The van der Waals surface area contributed by atoms with Gasteiger partial charge in [-0.3, -0.25) is 9.29 Å². The number of alkyl halides is 1. The molecule has 3 heteroatoms. The van der Waals surface area contributed by atoms with Crippen LogP contribution in [0.15, 0.2) is 18.2 Å². The van der Waals surface area contributed by atoms with Crippen molar-refractivity contribution in [2.75, 3.05) is 19.8 Å². The monoisotopic (exact) mass is 265 g/mol. The number of rotatable bonds is 6. The molecule has 0 spiro atoms. The summed E-state index contributed by atoms with van der Waals surface area (Å²) in [6.07, 6.45) is 4.72. The summed E-state index contributed by atoms with van der Waals surface area (Å²) in [5, 5.41) is 9.86. The summed E-state index contributed by atoms with van der Waals surface area (Å²) in [6.45, 7) is 3.83. The van der Waals surface area contributed by atoms with Crippen LogP contribution < -0.4 is 0 Å². The second-order valence-electron chi connectivity index (χ2n) is 5.39. The van der Waals surface area contributed by atoms with E-state index < -0.39 is 0 Å². The van der Waals surface area contributed by atoms with Crippen LogP contribution in [-0.2, 0) is 12.8 Å². The van der Waals surface area contributed by atoms with Crippen molar-refractivity contribution in [1.82, 2.24) is 4.90 Å². The van der Waals surface area contributed by atoms with Crippen molar-refractivity contribution >= 4 is 0 Å². The van der Waals surface area contributed by atoms with E-state index in [4.69, 9.17) is 0 Å². The molecule has 2 rings (SSSR count). The van der Waals surface area contributed by atoms with E-state index in [1.807, 2.05) is 6.07 Å². The minimum absolute atomic E-state index is 0.232. The first kappa shape index (κ1) is 14.3. The van der Waals surface area contributed by atoms with Gasteiger partial charge in [0.25, 0.3) is 0 Å². The van der Waals surface area contributed by atoms with Gasteiger partial charge >= 0.3 is 0 Å². The Kier molecular flexibility index (Phi) is 5.20. The Balaban J connectivity index is 2.06. The largest absolute Gasteiger partial charge is 0.508 e. The van der Waals surface area contributed by atoms with Crippen LogP contribution in [0.4, 0.5) is 4.39 Å². The third kappa shape index (κ3) is 3.47. The van der Waals surface area contributed by atoms with Crippen LogP contribution in [0.5, 0.6) is 5.75 Å². The highest BCUT2D eigenvalue weighted by Crippen LogP contribution is 2.30. The van der Waals surface area contributed by atoms with Crippen LogP contribution in [0.2, 0.25) is 0 Å². The van der Waals surface area contributed by atoms with Gasteiger partial charge in [-0.2, -0.15) is 0 Å².